The molecule has 4 nitrogen and oxygen atoms in total. The molecular weight excluding hydrogens is 222 g/mol. The predicted molar refractivity (Wildman–Crippen MR) is 63.7 cm³/mol. The van der Waals surface area contributed by atoms with E-state index in [9.17, 15) is 4.79 Å². The third kappa shape index (κ3) is 2.38. The Morgan fingerprint density at radius 3 is 2.56 bits per heavy atom. The van der Waals surface area contributed by atoms with E-state index in [1.54, 1.807) is 18.2 Å². The summed E-state index contributed by atoms with van der Waals surface area (Å²) in [5, 5.41) is 2.69. The molecule has 0 saturated heterocycles. The molecule has 0 aliphatic rings. The number of anilines is 1. The highest BCUT2D eigenvalue weighted by molar-refractivity contribution is 7.80. The highest BCUT2D eigenvalue weighted by Gasteiger charge is 2.08. The van der Waals surface area contributed by atoms with Crippen molar-refractivity contribution in [1.82, 2.24) is 9.97 Å². The summed E-state index contributed by atoms with van der Waals surface area (Å²) < 4.78 is 0. The molecule has 5 heteroatoms. The maximum atomic E-state index is 11.8. The van der Waals surface area contributed by atoms with Crippen LogP contribution in [0.1, 0.15) is 10.4 Å². The van der Waals surface area contributed by atoms with Crippen molar-refractivity contribution in [2.75, 3.05) is 5.32 Å². The van der Waals surface area contributed by atoms with Crippen molar-refractivity contribution in [3.63, 3.8) is 0 Å². The van der Waals surface area contributed by atoms with Gasteiger partial charge < -0.3 is 5.32 Å². The van der Waals surface area contributed by atoms with Gasteiger partial charge in [-0.1, -0.05) is 12.1 Å². The van der Waals surface area contributed by atoms with Crippen molar-refractivity contribution in [1.29, 1.82) is 0 Å². The van der Waals surface area contributed by atoms with Gasteiger partial charge in [0.25, 0.3) is 5.91 Å². The monoisotopic (exact) mass is 231 g/mol. The van der Waals surface area contributed by atoms with Crippen LogP contribution in [0.5, 0.6) is 0 Å². The first-order valence-electron chi connectivity index (χ1n) is 4.62. The van der Waals surface area contributed by atoms with Gasteiger partial charge in [0.15, 0.2) is 0 Å². The van der Waals surface area contributed by atoms with E-state index < -0.39 is 0 Å². The van der Waals surface area contributed by atoms with Crippen molar-refractivity contribution in [2.24, 2.45) is 0 Å². The molecule has 0 atom stereocenters. The van der Waals surface area contributed by atoms with Crippen LogP contribution < -0.4 is 5.32 Å². The number of aromatic nitrogens is 2. The van der Waals surface area contributed by atoms with Gasteiger partial charge in [-0.05, 0) is 12.1 Å². The van der Waals surface area contributed by atoms with Gasteiger partial charge in [0, 0.05) is 4.90 Å². The third-order valence-electron chi connectivity index (χ3n) is 1.97. The maximum absolute atomic E-state index is 11.8. The van der Waals surface area contributed by atoms with Crippen LogP contribution in [0.4, 0.5) is 5.69 Å². The van der Waals surface area contributed by atoms with E-state index in [1.165, 1.54) is 18.7 Å². The average molecular weight is 231 g/mol. The molecular formula is C11H9N3OS. The van der Waals surface area contributed by atoms with Gasteiger partial charge in [0.2, 0.25) is 0 Å². The lowest BCUT2D eigenvalue weighted by Crippen LogP contribution is -2.12. The van der Waals surface area contributed by atoms with Gasteiger partial charge >= 0.3 is 0 Å². The molecule has 0 spiro atoms. The number of thiol groups is 1. The van der Waals surface area contributed by atoms with Gasteiger partial charge in [0.1, 0.15) is 6.33 Å². The van der Waals surface area contributed by atoms with E-state index >= 15 is 0 Å². The molecule has 1 N–H and O–H groups in total. The first kappa shape index (κ1) is 10.6. The molecule has 1 aromatic carbocycles. The first-order chi connectivity index (χ1) is 7.77. The molecule has 0 aliphatic carbocycles. The standard InChI is InChI=1S/C11H9N3OS/c15-11(9-3-1-2-4-10(9)16)14-8-5-12-7-13-6-8/h1-7,16H,(H,14,15). The van der Waals surface area contributed by atoms with Gasteiger partial charge in [-0.25, -0.2) is 9.97 Å². The zero-order chi connectivity index (χ0) is 11.4. The van der Waals surface area contributed by atoms with Crippen LogP contribution in [0.3, 0.4) is 0 Å². The molecule has 0 aliphatic heterocycles. The number of carbonyl (C=O) groups excluding carboxylic acids is 1. The smallest absolute Gasteiger partial charge is 0.256 e. The number of rotatable bonds is 2. The van der Waals surface area contributed by atoms with Crippen molar-refractivity contribution >= 4 is 24.2 Å². The fourth-order valence-electron chi connectivity index (χ4n) is 1.23. The molecule has 80 valence electrons. The number of hydrogen-bond acceptors (Lipinski definition) is 4. The summed E-state index contributed by atoms with van der Waals surface area (Å²) in [5.41, 5.74) is 1.08. The average Bonchev–Trinajstić information content (AvgIpc) is 2.31. The van der Waals surface area contributed by atoms with E-state index in [0.717, 1.165) is 0 Å². The molecule has 2 rings (SSSR count). The lowest BCUT2D eigenvalue weighted by Gasteiger charge is -2.05. The van der Waals surface area contributed by atoms with Crippen LogP contribution in [0, 0.1) is 0 Å². The van der Waals surface area contributed by atoms with Crippen LogP contribution >= 0.6 is 12.6 Å². The zero-order valence-corrected chi connectivity index (χ0v) is 9.19. The predicted octanol–water partition coefficient (Wildman–Crippen LogP) is 2.02. The number of carbonyl (C=O) groups is 1. The molecule has 0 radical (unpaired) electrons. The van der Waals surface area contributed by atoms with E-state index in [0.29, 0.717) is 16.1 Å². The van der Waals surface area contributed by atoms with Gasteiger partial charge in [0.05, 0.1) is 23.6 Å². The molecule has 2 aromatic rings. The Morgan fingerprint density at radius 2 is 1.88 bits per heavy atom. The fourth-order valence-corrected chi connectivity index (χ4v) is 1.49. The van der Waals surface area contributed by atoms with E-state index in [1.807, 2.05) is 6.07 Å². The van der Waals surface area contributed by atoms with Crippen molar-refractivity contribution in [3.8, 4) is 0 Å². The van der Waals surface area contributed by atoms with E-state index in [-0.39, 0.29) is 5.91 Å². The number of hydrogen-bond donors (Lipinski definition) is 2. The molecule has 0 unspecified atom stereocenters. The van der Waals surface area contributed by atoms with E-state index in [2.05, 4.69) is 27.9 Å². The topological polar surface area (TPSA) is 54.9 Å². The van der Waals surface area contributed by atoms with Crippen LogP contribution in [0.25, 0.3) is 0 Å². The molecule has 0 saturated carbocycles. The summed E-state index contributed by atoms with van der Waals surface area (Å²) in [6.45, 7) is 0. The van der Waals surface area contributed by atoms with Gasteiger partial charge in [-0.3, -0.25) is 4.79 Å². The van der Waals surface area contributed by atoms with Crippen molar-refractivity contribution < 1.29 is 4.79 Å². The van der Waals surface area contributed by atoms with Crippen LogP contribution in [-0.2, 0) is 0 Å². The third-order valence-corrected chi connectivity index (χ3v) is 2.36. The Kier molecular flexibility index (Phi) is 3.16. The molecule has 0 fully saturated rings. The van der Waals surface area contributed by atoms with Gasteiger partial charge in [-0.15, -0.1) is 12.6 Å². The highest BCUT2D eigenvalue weighted by atomic mass is 32.1. The summed E-state index contributed by atoms with van der Waals surface area (Å²) in [6.07, 6.45) is 4.47. The summed E-state index contributed by atoms with van der Waals surface area (Å²) in [7, 11) is 0. The van der Waals surface area contributed by atoms with Crippen LogP contribution in [0.2, 0.25) is 0 Å². The highest BCUT2D eigenvalue weighted by Crippen LogP contribution is 2.14. The number of benzene rings is 1. The Bertz CT molecular complexity index is 502. The summed E-state index contributed by atoms with van der Waals surface area (Å²) in [6, 6.07) is 7.09. The summed E-state index contributed by atoms with van der Waals surface area (Å²) in [4.78, 5) is 20.1. The molecule has 1 heterocycles. The normalized spacial score (nSPS) is 9.81. The zero-order valence-electron chi connectivity index (χ0n) is 8.29. The van der Waals surface area contributed by atoms with E-state index in [4.69, 9.17) is 0 Å². The lowest BCUT2D eigenvalue weighted by molar-refractivity contribution is 0.102. The second kappa shape index (κ2) is 4.76. The Balaban J connectivity index is 2.19. The second-order valence-electron chi connectivity index (χ2n) is 3.10. The molecule has 16 heavy (non-hydrogen) atoms. The number of nitrogens with one attached hydrogen (secondary N) is 1. The first-order valence-corrected chi connectivity index (χ1v) is 5.06. The summed E-state index contributed by atoms with van der Waals surface area (Å²) >= 11 is 4.21. The fraction of sp³-hybridized carbons (Fsp3) is 0. The Labute approximate surface area is 98.2 Å². The lowest BCUT2D eigenvalue weighted by atomic mass is 10.2. The molecule has 1 aromatic heterocycles. The molecule has 0 bridgehead atoms. The number of amides is 1. The van der Waals surface area contributed by atoms with Gasteiger partial charge in [-0.2, -0.15) is 0 Å². The van der Waals surface area contributed by atoms with Crippen LogP contribution in [-0.4, -0.2) is 15.9 Å². The second-order valence-corrected chi connectivity index (χ2v) is 3.58. The Morgan fingerprint density at radius 1 is 1.19 bits per heavy atom. The number of nitrogens with zero attached hydrogens (tertiary/aromatic N) is 2. The van der Waals surface area contributed by atoms with Crippen molar-refractivity contribution in [2.45, 2.75) is 4.90 Å². The largest absolute Gasteiger partial charge is 0.319 e. The minimum Gasteiger partial charge on any atom is -0.319 e. The summed E-state index contributed by atoms with van der Waals surface area (Å²) in [5.74, 6) is -0.222. The van der Waals surface area contributed by atoms with Crippen molar-refractivity contribution in [3.05, 3.63) is 48.5 Å². The SMILES string of the molecule is O=C(Nc1cncnc1)c1ccccc1S. The minimum absolute atomic E-state index is 0.222. The minimum atomic E-state index is -0.222. The quantitative estimate of drug-likeness (QED) is 0.777. The Hall–Kier alpha value is -1.88. The maximum Gasteiger partial charge on any atom is 0.256 e. The molecule has 1 amide bonds. The van der Waals surface area contributed by atoms with Crippen LogP contribution in [0.15, 0.2) is 47.9 Å².